The highest BCUT2D eigenvalue weighted by molar-refractivity contribution is 5.94. The molecule has 0 unspecified atom stereocenters. The van der Waals surface area contributed by atoms with Gasteiger partial charge in [-0.1, -0.05) is 13.8 Å². The van der Waals surface area contributed by atoms with Gasteiger partial charge in [0.1, 0.15) is 0 Å². The molecule has 1 aromatic heterocycles. The van der Waals surface area contributed by atoms with E-state index in [1.165, 1.54) is 6.20 Å². The second-order valence-electron chi connectivity index (χ2n) is 4.02. The maximum absolute atomic E-state index is 11.7. The molecule has 0 aliphatic heterocycles. The van der Waals surface area contributed by atoms with Crippen molar-refractivity contribution < 1.29 is 9.90 Å². The Morgan fingerprint density at radius 2 is 2.19 bits per heavy atom. The molecule has 5 heteroatoms. The maximum Gasteiger partial charge on any atom is 0.254 e. The molecule has 1 heterocycles. The average Bonchev–Trinajstić information content (AvgIpc) is 2.72. The number of nitrogens with one attached hydrogen (secondary N) is 2. The molecule has 5 nitrogen and oxygen atoms in total. The zero-order valence-corrected chi connectivity index (χ0v) is 10.0. The molecule has 16 heavy (non-hydrogen) atoms. The highest BCUT2D eigenvalue weighted by Gasteiger charge is 2.23. The van der Waals surface area contributed by atoms with E-state index in [-0.39, 0.29) is 12.5 Å². The molecule has 0 bridgehead atoms. The smallest absolute Gasteiger partial charge is 0.254 e. The molecule has 0 spiro atoms. The summed E-state index contributed by atoms with van der Waals surface area (Å²) in [6, 6.07) is 0. The van der Waals surface area contributed by atoms with Gasteiger partial charge in [0.15, 0.2) is 0 Å². The molecule has 3 N–H and O–H groups in total. The van der Waals surface area contributed by atoms with Crippen molar-refractivity contribution in [1.82, 2.24) is 15.5 Å². The normalized spacial score (nSPS) is 11.5. The number of aromatic amines is 1. The standard InChI is InChI=1S/C11H19N3O2/c1-4-11(16,5-2)7-12-10(15)9-6-13-14-8(9)3/h6,16H,4-5,7H2,1-3H3,(H,12,15)(H,13,14). The Morgan fingerprint density at radius 1 is 1.56 bits per heavy atom. The van der Waals surface area contributed by atoms with Crippen molar-refractivity contribution in [3.8, 4) is 0 Å². The van der Waals surface area contributed by atoms with Crippen LogP contribution >= 0.6 is 0 Å². The molecule has 0 atom stereocenters. The highest BCUT2D eigenvalue weighted by atomic mass is 16.3. The van der Waals surface area contributed by atoms with Gasteiger partial charge in [-0.2, -0.15) is 5.10 Å². The van der Waals surface area contributed by atoms with Gasteiger partial charge in [-0.15, -0.1) is 0 Å². The Bertz CT molecular complexity index is 356. The van der Waals surface area contributed by atoms with E-state index in [0.717, 1.165) is 5.69 Å². The van der Waals surface area contributed by atoms with Crippen LogP contribution in [-0.4, -0.2) is 33.4 Å². The Balaban J connectivity index is 2.57. The molecule has 0 aliphatic rings. The summed E-state index contributed by atoms with van der Waals surface area (Å²) in [7, 11) is 0. The molecule has 0 aliphatic carbocycles. The van der Waals surface area contributed by atoms with Crippen molar-refractivity contribution in [1.29, 1.82) is 0 Å². The van der Waals surface area contributed by atoms with Crippen LogP contribution in [-0.2, 0) is 0 Å². The van der Waals surface area contributed by atoms with Crippen LogP contribution in [0.25, 0.3) is 0 Å². The van der Waals surface area contributed by atoms with E-state index >= 15 is 0 Å². The van der Waals surface area contributed by atoms with Gasteiger partial charge in [0.2, 0.25) is 0 Å². The number of carbonyl (C=O) groups excluding carboxylic acids is 1. The van der Waals surface area contributed by atoms with Crippen LogP contribution in [0.5, 0.6) is 0 Å². The largest absolute Gasteiger partial charge is 0.388 e. The summed E-state index contributed by atoms with van der Waals surface area (Å²) in [5, 5.41) is 19.2. The summed E-state index contributed by atoms with van der Waals surface area (Å²) in [6.45, 7) is 5.86. The first kappa shape index (κ1) is 12.7. The lowest BCUT2D eigenvalue weighted by Gasteiger charge is -2.25. The van der Waals surface area contributed by atoms with Crippen molar-refractivity contribution >= 4 is 5.91 Å². The van der Waals surface area contributed by atoms with Crippen molar-refractivity contribution in [2.75, 3.05) is 6.54 Å². The molecule has 1 aromatic rings. The molecule has 0 saturated carbocycles. The predicted molar refractivity (Wildman–Crippen MR) is 61.2 cm³/mol. The number of carbonyl (C=O) groups is 1. The van der Waals surface area contributed by atoms with Crippen LogP contribution < -0.4 is 5.32 Å². The quantitative estimate of drug-likeness (QED) is 0.699. The van der Waals surface area contributed by atoms with Gasteiger partial charge in [-0.3, -0.25) is 9.89 Å². The lowest BCUT2D eigenvalue weighted by Crippen LogP contribution is -2.42. The fourth-order valence-electron chi connectivity index (χ4n) is 1.42. The Kier molecular flexibility index (Phi) is 4.06. The molecule has 1 amide bonds. The number of aromatic nitrogens is 2. The van der Waals surface area contributed by atoms with Crippen LogP contribution in [0.1, 0.15) is 42.7 Å². The third-order valence-electron chi connectivity index (χ3n) is 2.97. The second kappa shape index (κ2) is 5.12. The van der Waals surface area contributed by atoms with Gasteiger partial charge in [0, 0.05) is 12.2 Å². The number of amides is 1. The Morgan fingerprint density at radius 3 is 2.62 bits per heavy atom. The topological polar surface area (TPSA) is 78.0 Å². The van der Waals surface area contributed by atoms with E-state index in [0.29, 0.717) is 18.4 Å². The molecular weight excluding hydrogens is 206 g/mol. The van der Waals surface area contributed by atoms with Crippen LogP contribution in [0.2, 0.25) is 0 Å². The number of rotatable bonds is 5. The number of hydrogen-bond acceptors (Lipinski definition) is 3. The third kappa shape index (κ3) is 2.82. The van der Waals surface area contributed by atoms with Crippen molar-refractivity contribution in [3.05, 3.63) is 17.5 Å². The fourth-order valence-corrected chi connectivity index (χ4v) is 1.42. The number of H-pyrrole nitrogens is 1. The molecular formula is C11H19N3O2. The summed E-state index contributed by atoms with van der Waals surface area (Å²) in [5.41, 5.74) is 0.441. The summed E-state index contributed by atoms with van der Waals surface area (Å²) in [4.78, 5) is 11.7. The van der Waals surface area contributed by atoms with E-state index in [2.05, 4.69) is 15.5 Å². The first-order chi connectivity index (χ1) is 7.52. The van der Waals surface area contributed by atoms with Gasteiger partial charge >= 0.3 is 0 Å². The molecule has 1 rings (SSSR count). The van der Waals surface area contributed by atoms with Crippen LogP contribution in [0.4, 0.5) is 0 Å². The van der Waals surface area contributed by atoms with E-state index in [4.69, 9.17) is 0 Å². The lowest BCUT2D eigenvalue weighted by molar-refractivity contribution is 0.0314. The van der Waals surface area contributed by atoms with E-state index in [1.807, 2.05) is 13.8 Å². The number of aryl methyl sites for hydroxylation is 1. The van der Waals surface area contributed by atoms with Gasteiger partial charge in [0.05, 0.1) is 17.4 Å². The van der Waals surface area contributed by atoms with E-state index in [9.17, 15) is 9.90 Å². The zero-order chi connectivity index (χ0) is 12.2. The number of aliphatic hydroxyl groups is 1. The van der Waals surface area contributed by atoms with E-state index < -0.39 is 5.60 Å². The third-order valence-corrected chi connectivity index (χ3v) is 2.97. The number of nitrogens with zero attached hydrogens (tertiary/aromatic N) is 1. The van der Waals surface area contributed by atoms with Gasteiger partial charge in [-0.05, 0) is 19.8 Å². The summed E-state index contributed by atoms with van der Waals surface area (Å²) < 4.78 is 0. The Hall–Kier alpha value is -1.36. The SMILES string of the molecule is CCC(O)(CC)CNC(=O)c1cn[nH]c1C. The van der Waals surface area contributed by atoms with Gasteiger partial charge in [-0.25, -0.2) is 0 Å². The van der Waals surface area contributed by atoms with Crippen LogP contribution in [0.3, 0.4) is 0 Å². The maximum atomic E-state index is 11.7. The minimum Gasteiger partial charge on any atom is -0.388 e. The van der Waals surface area contributed by atoms with Crippen molar-refractivity contribution in [2.45, 2.75) is 39.2 Å². The first-order valence-electron chi connectivity index (χ1n) is 5.53. The summed E-state index contributed by atoms with van der Waals surface area (Å²) >= 11 is 0. The average molecular weight is 225 g/mol. The van der Waals surface area contributed by atoms with Gasteiger partial charge < -0.3 is 10.4 Å². The number of hydrogen-bond donors (Lipinski definition) is 3. The second-order valence-corrected chi connectivity index (χ2v) is 4.02. The highest BCUT2D eigenvalue weighted by Crippen LogP contribution is 2.13. The van der Waals surface area contributed by atoms with Crippen molar-refractivity contribution in [2.24, 2.45) is 0 Å². The lowest BCUT2D eigenvalue weighted by atomic mass is 9.97. The molecule has 0 radical (unpaired) electrons. The minimum absolute atomic E-state index is 0.202. The predicted octanol–water partition coefficient (Wildman–Crippen LogP) is 0.999. The van der Waals surface area contributed by atoms with E-state index in [1.54, 1.807) is 6.92 Å². The summed E-state index contributed by atoms with van der Waals surface area (Å²) in [5.74, 6) is -0.202. The first-order valence-corrected chi connectivity index (χ1v) is 5.53. The minimum atomic E-state index is -0.812. The van der Waals surface area contributed by atoms with Gasteiger partial charge in [0.25, 0.3) is 5.91 Å². The Labute approximate surface area is 95.3 Å². The molecule has 0 saturated heterocycles. The molecule has 90 valence electrons. The summed E-state index contributed by atoms with van der Waals surface area (Å²) in [6.07, 6.45) is 2.73. The van der Waals surface area contributed by atoms with Crippen molar-refractivity contribution in [3.63, 3.8) is 0 Å². The zero-order valence-electron chi connectivity index (χ0n) is 10.0. The molecule has 0 fully saturated rings. The molecule has 0 aromatic carbocycles. The van der Waals surface area contributed by atoms with Crippen LogP contribution in [0.15, 0.2) is 6.20 Å². The fraction of sp³-hybridized carbons (Fsp3) is 0.636. The monoisotopic (exact) mass is 225 g/mol. The van der Waals surface area contributed by atoms with Crippen LogP contribution in [0, 0.1) is 6.92 Å².